The van der Waals surface area contributed by atoms with Crippen molar-refractivity contribution in [3.8, 4) is 5.75 Å². The number of ether oxygens (including phenoxy) is 1. The van der Waals surface area contributed by atoms with Crippen molar-refractivity contribution in [3.05, 3.63) is 74.6 Å². The van der Waals surface area contributed by atoms with Crippen LogP contribution in [-0.2, 0) is 6.42 Å². The van der Waals surface area contributed by atoms with E-state index in [-0.39, 0.29) is 5.75 Å². The second kappa shape index (κ2) is 7.11. The largest absolute Gasteiger partial charge is 0.423 e. The molecular formula is C20H17ClO4. The highest BCUT2D eigenvalue weighted by molar-refractivity contribution is 6.33. The van der Waals surface area contributed by atoms with Crippen LogP contribution in [0.1, 0.15) is 34.8 Å². The van der Waals surface area contributed by atoms with Gasteiger partial charge in [0.05, 0.1) is 10.6 Å². The molecule has 1 heterocycles. The predicted molar refractivity (Wildman–Crippen MR) is 97.6 cm³/mol. The van der Waals surface area contributed by atoms with Crippen LogP contribution in [0.15, 0.2) is 51.7 Å². The first-order valence-corrected chi connectivity index (χ1v) is 8.41. The molecule has 0 unspecified atom stereocenters. The molecule has 2 aromatic carbocycles. The zero-order valence-electron chi connectivity index (χ0n) is 14.0. The summed E-state index contributed by atoms with van der Waals surface area (Å²) in [5.41, 5.74) is 2.25. The zero-order chi connectivity index (χ0) is 18.0. The number of hydrogen-bond donors (Lipinski definition) is 0. The number of fused-ring (bicyclic) bond motifs is 1. The summed E-state index contributed by atoms with van der Waals surface area (Å²) in [7, 11) is 0. The van der Waals surface area contributed by atoms with E-state index in [1.807, 2.05) is 26.0 Å². The Morgan fingerprint density at radius 1 is 1.16 bits per heavy atom. The van der Waals surface area contributed by atoms with Crippen LogP contribution in [0.25, 0.3) is 11.0 Å². The molecule has 4 nitrogen and oxygen atoms in total. The summed E-state index contributed by atoms with van der Waals surface area (Å²) in [5, 5.41) is 1.04. The highest BCUT2D eigenvalue weighted by Crippen LogP contribution is 2.32. The van der Waals surface area contributed by atoms with Gasteiger partial charge in [-0.25, -0.2) is 9.59 Å². The van der Waals surface area contributed by atoms with Crippen molar-refractivity contribution in [2.45, 2.75) is 26.7 Å². The first-order chi connectivity index (χ1) is 12.0. The topological polar surface area (TPSA) is 56.5 Å². The number of hydrogen-bond acceptors (Lipinski definition) is 4. The van der Waals surface area contributed by atoms with Gasteiger partial charge in [-0.3, -0.25) is 0 Å². The summed E-state index contributed by atoms with van der Waals surface area (Å²) in [4.78, 5) is 24.0. The summed E-state index contributed by atoms with van der Waals surface area (Å²) in [6, 6.07) is 11.7. The molecule has 0 fully saturated rings. The predicted octanol–water partition coefficient (Wildman–Crippen LogP) is 4.93. The molecule has 0 saturated heterocycles. The fourth-order valence-corrected chi connectivity index (χ4v) is 2.83. The minimum atomic E-state index is -0.520. The van der Waals surface area contributed by atoms with E-state index >= 15 is 0 Å². The van der Waals surface area contributed by atoms with Gasteiger partial charge in [0.1, 0.15) is 5.58 Å². The summed E-state index contributed by atoms with van der Waals surface area (Å²) < 4.78 is 10.6. The van der Waals surface area contributed by atoms with E-state index < -0.39 is 11.6 Å². The van der Waals surface area contributed by atoms with Crippen LogP contribution in [0.4, 0.5) is 0 Å². The lowest BCUT2D eigenvalue weighted by Gasteiger charge is -2.09. The Labute approximate surface area is 150 Å². The fourth-order valence-electron chi connectivity index (χ4n) is 2.63. The Morgan fingerprint density at radius 2 is 1.88 bits per heavy atom. The van der Waals surface area contributed by atoms with Gasteiger partial charge in [0.25, 0.3) is 0 Å². The van der Waals surface area contributed by atoms with Crippen molar-refractivity contribution in [3.63, 3.8) is 0 Å². The summed E-state index contributed by atoms with van der Waals surface area (Å²) in [6.45, 7) is 3.96. The smallest absolute Gasteiger partial charge is 0.343 e. The van der Waals surface area contributed by atoms with Crippen LogP contribution in [0.3, 0.4) is 0 Å². The van der Waals surface area contributed by atoms with E-state index in [0.717, 1.165) is 29.4 Å². The molecule has 3 aromatic rings. The van der Waals surface area contributed by atoms with Crippen molar-refractivity contribution in [2.24, 2.45) is 0 Å². The molecule has 0 saturated carbocycles. The molecule has 0 spiro atoms. The average Bonchev–Trinajstić information content (AvgIpc) is 2.57. The normalized spacial score (nSPS) is 10.8. The number of benzene rings is 2. The lowest BCUT2D eigenvalue weighted by atomic mass is 10.1. The third kappa shape index (κ3) is 3.74. The number of rotatable bonds is 4. The van der Waals surface area contributed by atoms with Crippen molar-refractivity contribution < 1.29 is 13.9 Å². The highest BCUT2D eigenvalue weighted by atomic mass is 35.5. The first kappa shape index (κ1) is 17.2. The third-order valence-electron chi connectivity index (χ3n) is 3.89. The van der Waals surface area contributed by atoms with Crippen LogP contribution in [-0.4, -0.2) is 5.97 Å². The molecule has 0 aliphatic rings. The molecule has 0 atom stereocenters. The maximum Gasteiger partial charge on any atom is 0.343 e. The Morgan fingerprint density at radius 3 is 2.56 bits per heavy atom. The van der Waals surface area contributed by atoms with Gasteiger partial charge < -0.3 is 9.15 Å². The van der Waals surface area contributed by atoms with Crippen molar-refractivity contribution in [1.29, 1.82) is 0 Å². The molecule has 0 amide bonds. The molecular weight excluding hydrogens is 340 g/mol. The molecule has 0 aliphatic heterocycles. The van der Waals surface area contributed by atoms with Gasteiger partial charge in [-0.05, 0) is 37.1 Å². The molecule has 25 heavy (non-hydrogen) atoms. The third-order valence-corrected chi connectivity index (χ3v) is 4.19. The van der Waals surface area contributed by atoms with Crippen LogP contribution < -0.4 is 10.4 Å². The summed E-state index contributed by atoms with van der Waals surface area (Å²) >= 11 is 6.27. The van der Waals surface area contributed by atoms with E-state index in [9.17, 15) is 9.59 Å². The second-order valence-electron chi connectivity index (χ2n) is 5.88. The average molecular weight is 357 g/mol. The lowest BCUT2D eigenvalue weighted by molar-refractivity contribution is 0.0735. The van der Waals surface area contributed by atoms with Crippen LogP contribution in [0.5, 0.6) is 5.75 Å². The van der Waals surface area contributed by atoms with Gasteiger partial charge in [0.2, 0.25) is 0 Å². The minimum absolute atomic E-state index is 0.163. The molecule has 3 rings (SSSR count). The van der Waals surface area contributed by atoms with E-state index in [1.54, 1.807) is 18.2 Å². The molecule has 1 aromatic heterocycles. The minimum Gasteiger partial charge on any atom is -0.423 e. The number of halogens is 1. The van der Waals surface area contributed by atoms with Gasteiger partial charge in [0, 0.05) is 17.5 Å². The lowest BCUT2D eigenvalue weighted by Crippen LogP contribution is -2.09. The van der Waals surface area contributed by atoms with Crippen LogP contribution >= 0.6 is 11.6 Å². The van der Waals surface area contributed by atoms with Crippen LogP contribution in [0.2, 0.25) is 5.02 Å². The molecule has 128 valence electrons. The SMILES string of the molecule is CCCc1cc(=O)oc2cc(OC(=O)c3ccc(C)cc3)c(Cl)cc12. The first-order valence-electron chi connectivity index (χ1n) is 8.03. The van der Waals surface area contributed by atoms with E-state index in [4.69, 9.17) is 20.8 Å². The molecule has 0 aliphatic carbocycles. The molecule has 0 bridgehead atoms. The van der Waals surface area contributed by atoms with E-state index in [1.165, 1.54) is 12.1 Å². The van der Waals surface area contributed by atoms with Crippen LogP contribution in [0, 0.1) is 6.92 Å². The molecule has 5 heteroatoms. The monoisotopic (exact) mass is 356 g/mol. The van der Waals surface area contributed by atoms with E-state index in [0.29, 0.717) is 16.2 Å². The Bertz CT molecular complexity index is 987. The maximum atomic E-state index is 12.3. The van der Waals surface area contributed by atoms with Gasteiger partial charge in [-0.2, -0.15) is 0 Å². The summed E-state index contributed by atoms with van der Waals surface area (Å²) in [6.07, 6.45) is 1.63. The maximum absolute atomic E-state index is 12.3. The van der Waals surface area contributed by atoms with Gasteiger partial charge in [-0.1, -0.05) is 42.6 Å². The zero-order valence-corrected chi connectivity index (χ0v) is 14.7. The number of esters is 1. The molecule has 0 N–H and O–H groups in total. The van der Waals surface area contributed by atoms with Crippen molar-refractivity contribution >= 4 is 28.5 Å². The number of aryl methyl sites for hydroxylation is 2. The van der Waals surface area contributed by atoms with Gasteiger partial charge in [-0.15, -0.1) is 0 Å². The van der Waals surface area contributed by atoms with Crippen molar-refractivity contribution in [1.82, 2.24) is 0 Å². The molecule has 0 radical (unpaired) electrons. The van der Waals surface area contributed by atoms with E-state index in [2.05, 4.69) is 0 Å². The number of carbonyl (C=O) groups is 1. The highest BCUT2D eigenvalue weighted by Gasteiger charge is 2.15. The second-order valence-corrected chi connectivity index (χ2v) is 6.28. The van der Waals surface area contributed by atoms with Gasteiger partial charge >= 0.3 is 11.6 Å². The standard InChI is InChI=1S/C20H17ClO4/c1-3-4-14-9-19(22)24-17-11-18(16(21)10-15(14)17)25-20(23)13-7-5-12(2)6-8-13/h5-11H,3-4H2,1-2H3. The quantitative estimate of drug-likeness (QED) is 0.378. The number of carbonyl (C=O) groups excluding carboxylic acids is 1. The fraction of sp³-hybridized carbons (Fsp3) is 0.200. The van der Waals surface area contributed by atoms with Crippen molar-refractivity contribution in [2.75, 3.05) is 0 Å². The summed E-state index contributed by atoms with van der Waals surface area (Å²) in [5.74, 6) is -0.357. The Balaban J connectivity index is 1.99. The Hall–Kier alpha value is -2.59. The van der Waals surface area contributed by atoms with Gasteiger partial charge in [0.15, 0.2) is 5.75 Å². The Kier molecular flexibility index (Phi) is 4.91.